The third kappa shape index (κ3) is 3.32. The molecule has 0 N–H and O–H groups in total. The van der Waals surface area contributed by atoms with Crippen LogP contribution in [0.4, 0.5) is 0 Å². The van der Waals surface area contributed by atoms with Gasteiger partial charge in [-0.25, -0.2) is 13.2 Å². The van der Waals surface area contributed by atoms with Gasteiger partial charge in [-0.3, -0.25) is 9.48 Å². The second-order valence-electron chi connectivity index (χ2n) is 8.46. The van der Waals surface area contributed by atoms with Crippen LogP contribution in [0.2, 0.25) is 0 Å². The van der Waals surface area contributed by atoms with Crippen LogP contribution in [-0.4, -0.2) is 56.4 Å². The van der Waals surface area contributed by atoms with E-state index in [1.807, 2.05) is 60.7 Å². The smallest absolute Gasteiger partial charge is 0.331 e. The number of hydrogen-bond donors (Lipinski definition) is 0. The van der Waals surface area contributed by atoms with E-state index in [1.165, 1.54) is 24.0 Å². The standard InChI is InChI=1S/C23H22N4O5S/c1-23(15-26-13-12-24-25-26)21(27-18(28)14-19(27)33(23,30)31)22(29)32-20(16-8-4-2-5-9-16)17-10-6-3-7-11-17/h2-13,19-21H,14-15H2,1H3/t19?,21-,23-/m0/s1. The lowest BCUT2D eigenvalue weighted by Crippen LogP contribution is -2.58. The van der Waals surface area contributed by atoms with E-state index in [9.17, 15) is 18.0 Å². The summed E-state index contributed by atoms with van der Waals surface area (Å²) in [5.41, 5.74) is 1.48. The summed E-state index contributed by atoms with van der Waals surface area (Å²) in [5, 5.41) is 6.57. The van der Waals surface area contributed by atoms with Gasteiger partial charge in [-0.1, -0.05) is 65.9 Å². The van der Waals surface area contributed by atoms with Crippen molar-refractivity contribution in [2.45, 2.75) is 42.2 Å². The van der Waals surface area contributed by atoms with Crippen LogP contribution in [0, 0.1) is 0 Å². The number of nitrogens with zero attached hydrogens (tertiary/aromatic N) is 4. The van der Waals surface area contributed by atoms with Crippen molar-refractivity contribution >= 4 is 21.7 Å². The molecule has 5 rings (SSSR count). The summed E-state index contributed by atoms with van der Waals surface area (Å²) in [6, 6.07) is 17.1. The number of hydrogen-bond acceptors (Lipinski definition) is 7. The van der Waals surface area contributed by atoms with E-state index >= 15 is 0 Å². The maximum absolute atomic E-state index is 13.6. The van der Waals surface area contributed by atoms with Crippen molar-refractivity contribution < 1.29 is 22.7 Å². The predicted octanol–water partition coefficient (Wildman–Crippen LogP) is 1.72. The van der Waals surface area contributed by atoms with Gasteiger partial charge in [0.2, 0.25) is 5.91 Å². The molecule has 3 heterocycles. The van der Waals surface area contributed by atoms with Crippen molar-refractivity contribution in [2.24, 2.45) is 0 Å². The number of ether oxygens (including phenoxy) is 1. The molecule has 1 unspecified atom stereocenters. The molecule has 0 aliphatic carbocycles. The zero-order valence-corrected chi connectivity index (χ0v) is 18.6. The van der Waals surface area contributed by atoms with Crippen molar-refractivity contribution in [3.63, 3.8) is 0 Å². The SMILES string of the molecule is C[C@]1(Cn2ccnn2)[C@H](C(=O)OC(c2ccccc2)c2ccccc2)N2C(=O)CC2S1(=O)=O. The molecule has 2 aromatic carbocycles. The average Bonchev–Trinajstić information content (AvgIpc) is 3.36. The molecule has 33 heavy (non-hydrogen) atoms. The Labute approximate surface area is 190 Å². The van der Waals surface area contributed by atoms with Gasteiger partial charge in [-0.2, -0.15) is 0 Å². The Morgan fingerprint density at radius 3 is 2.24 bits per heavy atom. The molecule has 9 nitrogen and oxygen atoms in total. The zero-order chi connectivity index (χ0) is 23.2. The Hall–Kier alpha value is -3.53. The molecule has 0 saturated carbocycles. The predicted molar refractivity (Wildman–Crippen MR) is 117 cm³/mol. The second kappa shape index (κ2) is 7.80. The van der Waals surface area contributed by atoms with E-state index in [0.29, 0.717) is 0 Å². The molecule has 1 aromatic heterocycles. The van der Waals surface area contributed by atoms with Crippen molar-refractivity contribution in [3.05, 3.63) is 84.2 Å². The first-order valence-corrected chi connectivity index (χ1v) is 12.1. The summed E-state index contributed by atoms with van der Waals surface area (Å²) in [6.45, 7) is 1.35. The van der Waals surface area contributed by atoms with Crippen LogP contribution in [0.5, 0.6) is 0 Å². The second-order valence-corrected chi connectivity index (χ2v) is 11.0. The van der Waals surface area contributed by atoms with E-state index in [1.54, 1.807) is 0 Å². The van der Waals surface area contributed by atoms with Gasteiger partial charge in [-0.05, 0) is 18.1 Å². The lowest BCUT2D eigenvalue weighted by atomic mass is 9.95. The van der Waals surface area contributed by atoms with Crippen LogP contribution < -0.4 is 0 Å². The fraction of sp³-hybridized carbons (Fsp3) is 0.304. The number of esters is 1. The Morgan fingerprint density at radius 1 is 1.12 bits per heavy atom. The molecule has 0 spiro atoms. The molecule has 10 heteroatoms. The fourth-order valence-electron chi connectivity index (χ4n) is 4.67. The number of amides is 1. The summed E-state index contributed by atoms with van der Waals surface area (Å²) in [6.07, 6.45) is 2.06. The number of fused-ring (bicyclic) bond motifs is 1. The molecule has 3 aromatic rings. The van der Waals surface area contributed by atoms with E-state index in [0.717, 1.165) is 16.0 Å². The van der Waals surface area contributed by atoms with E-state index in [2.05, 4.69) is 10.3 Å². The number of sulfone groups is 1. The third-order valence-corrected chi connectivity index (χ3v) is 9.18. The number of benzene rings is 2. The highest BCUT2D eigenvalue weighted by Gasteiger charge is 2.70. The normalized spacial score (nSPS) is 25.5. The molecule has 3 atom stereocenters. The molecule has 2 aliphatic heterocycles. The lowest BCUT2D eigenvalue weighted by Gasteiger charge is -2.37. The van der Waals surface area contributed by atoms with Gasteiger partial charge in [0, 0.05) is 6.20 Å². The van der Waals surface area contributed by atoms with Crippen LogP contribution >= 0.6 is 0 Å². The van der Waals surface area contributed by atoms with Gasteiger partial charge in [-0.15, -0.1) is 5.10 Å². The molecule has 170 valence electrons. The number of carbonyl (C=O) groups excluding carboxylic acids is 2. The summed E-state index contributed by atoms with van der Waals surface area (Å²) in [4.78, 5) is 27.2. The first-order valence-electron chi connectivity index (χ1n) is 10.5. The number of carbonyl (C=O) groups is 2. The van der Waals surface area contributed by atoms with Crippen molar-refractivity contribution in [1.29, 1.82) is 0 Å². The van der Waals surface area contributed by atoms with Crippen molar-refractivity contribution in [3.8, 4) is 0 Å². The highest BCUT2D eigenvalue weighted by molar-refractivity contribution is 7.93. The summed E-state index contributed by atoms with van der Waals surface area (Å²) < 4.78 is 32.6. The minimum absolute atomic E-state index is 0.128. The molecular weight excluding hydrogens is 444 g/mol. The molecule has 0 radical (unpaired) electrons. The van der Waals surface area contributed by atoms with Crippen LogP contribution in [0.1, 0.15) is 30.6 Å². The van der Waals surface area contributed by atoms with Crippen LogP contribution in [0.15, 0.2) is 73.1 Å². The molecule has 2 aliphatic rings. The highest BCUT2D eigenvalue weighted by atomic mass is 32.2. The lowest BCUT2D eigenvalue weighted by molar-refractivity contribution is -0.164. The van der Waals surface area contributed by atoms with Crippen LogP contribution in [0.3, 0.4) is 0 Å². The number of aromatic nitrogens is 3. The topological polar surface area (TPSA) is 111 Å². The van der Waals surface area contributed by atoms with Gasteiger partial charge in [0.25, 0.3) is 0 Å². The van der Waals surface area contributed by atoms with E-state index in [4.69, 9.17) is 4.74 Å². The number of rotatable bonds is 6. The Bertz CT molecular complexity index is 1240. The van der Waals surface area contributed by atoms with Gasteiger partial charge >= 0.3 is 5.97 Å². The molecule has 1 amide bonds. The first-order chi connectivity index (χ1) is 15.8. The molecule has 2 fully saturated rings. The van der Waals surface area contributed by atoms with Gasteiger partial charge < -0.3 is 9.64 Å². The van der Waals surface area contributed by atoms with Gasteiger partial charge in [0.05, 0.1) is 19.2 Å². The van der Waals surface area contributed by atoms with Gasteiger partial charge in [0.15, 0.2) is 22.0 Å². The first kappa shape index (κ1) is 21.3. The Kier molecular flexibility index (Phi) is 5.04. The van der Waals surface area contributed by atoms with E-state index < -0.39 is 38.1 Å². The van der Waals surface area contributed by atoms with Crippen LogP contribution in [-0.2, 0) is 30.7 Å². The molecular formula is C23H22N4O5S. The van der Waals surface area contributed by atoms with Crippen molar-refractivity contribution in [2.75, 3.05) is 0 Å². The zero-order valence-electron chi connectivity index (χ0n) is 17.8. The van der Waals surface area contributed by atoms with E-state index in [-0.39, 0.29) is 18.9 Å². The fourth-order valence-corrected chi connectivity index (χ4v) is 7.03. The maximum Gasteiger partial charge on any atom is 0.331 e. The Balaban J connectivity index is 1.54. The highest BCUT2D eigenvalue weighted by Crippen LogP contribution is 2.47. The molecule has 0 bridgehead atoms. The minimum Gasteiger partial charge on any atom is -0.451 e. The number of β-lactam (4-membered cyclic amide) rings is 1. The largest absolute Gasteiger partial charge is 0.451 e. The summed E-state index contributed by atoms with van der Waals surface area (Å²) in [5.74, 6) is -1.15. The summed E-state index contributed by atoms with van der Waals surface area (Å²) >= 11 is 0. The molecule has 2 saturated heterocycles. The maximum atomic E-state index is 13.6. The summed E-state index contributed by atoms with van der Waals surface area (Å²) in [7, 11) is -3.88. The van der Waals surface area contributed by atoms with Crippen LogP contribution in [0.25, 0.3) is 0 Å². The van der Waals surface area contributed by atoms with Crippen molar-refractivity contribution in [1.82, 2.24) is 19.9 Å². The average molecular weight is 467 g/mol. The minimum atomic E-state index is -3.88. The monoisotopic (exact) mass is 466 g/mol. The third-order valence-electron chi connectivity index (χ3n) is 6.42. The van der Waals surface area contributed by atoms with Gasteiger partial charge in [0.1, 0.15) is 10.1 Å². The quantitative estimate of drug-likeness (QED) is 0.402. The Morgan fingerprint density at radius 2 is 1.73 bits per heavy atom.